The van der Waals surface area contributed by atoms with E-state index in [1.807, 2.05) is 38.1 Å². The summed E-state index contributed by atoms with van der Waals surface area (Å²) in [4.78, 5) is 47.5. The van der Waals surface area contributed by atoms with Crippen molar-refractivity contribution < 1.29 is 14.0 Å². The third kappa shape index (κ3) is 4.33. The fourth-order valence-corrected chi connectivity index (χ4v) is 4.45. The summed E-state index contributed by atoms with van der Waals surface area (Å²) in [7, 11) is 0. The van der Waals surface area contributed by atoms with Crippen molar-refractivity contribution >= 4 is 23.3 Å². The summed E-state index contributed by atoms with van der Waals surface area (Å²) >= 11 is 0. The first-order valence-electron chi connectivity index (χ1n) is 11.8. The Morgan fingerprint density at radius 2 is 2.03 bits per heavy atom. The number of nitrogens with one attached hydrogen (secondary N) is 2. The van der Waals surface area contributed by atoms with E-state index in [0.29, 0.717) is 35.0 Å². The highest BCUT2D eigenvalue weighted by molar-refractivity contribution is 6.03. The molecule has 5 rings (SSSR count). The predicted molar refractivity (Wildman–Crippen MR) is 134 cm³/mol. The Hall–Kier alpha value is -4.47. The van der Waals surface area contributed by atoms with Crippen LogP contribution < -0.4 is 15.8 Å². The van der Waals surface area contributed by atoms with Crippen molar-refractivity contribution in [3.05, 3.63) is 75.9 Å². The van der Waals surface area contributed by atoms with Crippen LogP contribution in [0, 0.1) is 19.8 Å². The van der Waals surface area contributed by atoms with Crippen molar-refractivity contribution in [3.63, 3.8) is 0 Å². The molecule has 4 heterocycles. The zero-order valence-corrected chi connectivity index (χ0v) is 20.2. The second-order valence-electron chi connectivity index (χ2n) is 8.84. The number of hydrogen-bond donors (Lipinski definition) is 2. The van der Waals surface area contributed by atoms with Gasteiger partial charge in [-0.15, -0.1) is 0 Å². The number of carbonyl (C=O) groups is 2. The van der Waals surface area contributed by atoms with Gasteiger partial charge in [0.15, 0.2) is 5.76 Å². The second kappa shape index (κ2) is 9.29. The number of rotatable bonds is 6. The number of benzene rings is 1. The highest BCUT2D eigenvalue weighted by Crippen LogP contribution is 2.28. The third-order valence-corrected chi connectivity index (χ3v) is 6.31. The minimum absolute atomic E-state index is 0.0956. The number of H-pyrrole nitrogens is 1. The lowest BCUT2D eigenvalue weighted by Gasteiger charge is -2.17. The van der Waals surface area contributed by atoms with Gasteiger partial charge in [0.25, 0.3) is 5.56 Å². The van der Waals surface area contributed by atoms with Crippen LogP contribution in [0.15, 0.2) is 57.9 Å². The van der Waals surface area contributed by atoms with Gasteiger partial charge in [-0.1, -0.05) is 19.1 Å². The molecule has 1 aromatic carbocycles. The van der Waals surface area contributed by atoms with Crippen LogP contribution in [-0.2, 0) is 16.0 Å². The lowest BCUT2D eigenvalue weighted by Crippen LogP contribution is -2.29. The van der Waals surface area contributed by atoms with Gasteiger partial charge in [-0.05, 0) is 50.1 Å². The molecule has 0 bridgehead atoms. The molecule has 1 atom stereocenters. The molecule has 10 heteroatoms. The number of hydrogen-bond acceptors (Lipinski definition) is 6. The Balaban J connectivity index is 1.45. The molecule has 0 aliphatic carbocycles. The Morgan fingerprint density at radius 1 is 1.19 bits per heavy atom. The van der Waals surface area contributed by atoms with Crippen molar-refractivity contribution in [2.45, 2.75) is 33.6 Å². The quantitative estimate of drug-likeness (QED) is 0.430. The van der Waals surface area contributed by atoms with E-state index in [9.17, 15) is 14.4 Å². The summed E-state index contributed by atoms with van der Waals surface area (Å²) in [6.45, 7) is 5.87. The summed E-state index contributed by atoms with van der Waals surface area (Å²) in [5, 5.41) is 7.41. The van der Waals surface area contributed by atoms with E-state index >= 15 is 0 Å². The smallest absolute Gasteiger partial charge is 0.255 e. The van der Waals surface area contributed by atoms with Crippen LogP contribution in [0.5, 0.6) is 0 Å². The standard InChI is InChI=1S/C26H26N6O4/c1-4-19-16(3)27-26(29-25(19)35)32-22(13-20(30-32)21-9-6-10-36-21)28-24(34)17-12-23(33)31(14-17)18-8-5-7-15(2)11-18/h5-11,13,17H,4,12,14H2,1-3H3,(H,28,34)(H,27,29,35). The van der Waals surface area contributed by atoms with Crippen LogP contribution in [0.3, 0.4) is 0 Å². The largest absolute Gasteiger partial charge is 0.463 e. The molecule has 36 heavy (non-hydrogen) atoms. The number of aryl methyl sites for hydroxylation is 2. The first kappa shape index (κ1) is 23.3. The molecule has 1 saturated heterocycles. The highest BCUT2D eigenvalue weighted by atomic mass is 16.3. The zero-order chi connectivity index (χ0) is 25.4. The summed E-state index contributed by atoms with van der Waals surface area (Å²) in [5.41, 5.74) is 3.17. The van der Waals surface area contributed by atoms with Gasteiger partial charge < -0.3 is 14.6 Å². The van der Waals surface area contributed by atoms with Gasteiger partial charge in [0.1, 0.15) is 11.5 Å². The molecular formula is C26H26N6O4. The topological polar surface area (TPSA) is 126 Å². The molecule has 184 valence electrons. The van der Waals surface area contributed by atoms with E-state index < -0.39 is 5.92 Å². The Bertz CT molecular complexity index is 1500. The molecule has 3 aromatic heterocycles. The van der Waals surface area contributed by atoms with E-state index in [-0.39, 0.29) is 36.3 Å². The fraction of sp³-hybridized carbons (Fsp3) is 0.269. The zero-order valence-electron chi connectivity index (χ0n) is 20.2. The van der Waals surface area contributed by atoms with Crippen LogP contribution in [-0.4, -0.2) is 38.1 Å². The number of anilines is 2. The number of furan rings is 1. The van der Waals surface area contributed by atoms with Crippen molar-refractivity contribution in [2.75, 3.05) is 16.8 Å². The first-order chi connectivity index (χ1) is 17.3. The summed E-state index contributed by atoms with van der Waals surface area (Å²) < 4.78 is 6.84. The van der Waals surface area contributed by atoms with Crippen LogP contribution in [0.4, 0.5) is 11.5 Å². The number of amides is 2. The lowest BCUT2D eigenvalue weighted by molar-refractivity contribution is -0.122. The van der Waals surface area contributed by atoms with Crippen molar-refractivity contribution in [1.82, 2.24) is 19.7 Å². The summed E-state index contributed by atoms with van der Waals surface area (Å²) in [5.74, 6) is -0.0108. The minimum Gasteiger partial charge on any atom is -0.463 e. The average molecular weight is 487 g/mol. The van der Waals surface area contributed by atoms with Crippen LogP contribution >= 0.6 is 0 Å². The number of nitrogens with zero attached hydrogens (tertiary/aromatic N) is 4. The monoisotopic (exact) mass is 486 g/mol. The molecule has 1 unspecified atom stereocenters. The van der Waals surface area contributed by atoms with Gasteiger partial charge in [0.2, 0.25) is 17.8 Å². The average Bonchev–Trinajstić information content (AvgIpc) is 3.58. The molecule has 2 N–H and O–H groups in total. The van der Waals surface area contributed by atoms with E-state index in [1.165, 1.54) is 10.9 Å². The van der Waals surface area contributed by atoms with E-state index in [0.717, 1.165) is 11.3 Å². The number of carbonyl (C=O) groups excluding carboxylic acids is 2. The van der Waals surface area contributed by atoms with Crippen molar-refractivity contribution in [1.29, 1.82) is 0 Å². The molecule has 2 amide bonds. The number of aromatic nitrogens is 4. The Kier molecular flexibility index (Phi) is 6.01. The number of aromatic amines is 1. The molecule has 4 aromatic rings. The van der Waals surface area contributed by atoms with Gasteiger partial charge >= 0.3 is 0 Å². The Labute approximate surface area is 207 Å². The molecule has 1 aliphatic rings. The van der Waals surface area contributed by atoms with E-state index in [1.54, 1.807) is 30.0 Å². The maximum atomic E-state index is 13.3. The van der Waals surface area contributed by atoms with E-state index in [2.05, 4.69) is 20.4 Å². The lowest BCUT2D eigenvalue weighted by atomic mass is 10.1. The van der Waals surface area contributed by atoms with Crippen LogP contribution in [0.25, 0.3) is 17.4 Å². The van der Waals surface area contributed by atoms with E-state index in [4.69, 9.17) is 4.42 Å². The van der Waals surface area contributed by atoms with Gasteiger partial charge in [0, 0.05) is 36.0 Å². The van der Waals surface area contributed by atoms with Gasteiger partial charge in [0.05, 0.1) is 12.2 Å². The SMILES string of the molecule is CCc1c(C)nc(-n2nc(-c3ccco3)cc2NC(=O)C2CC(=O)N(c3cccc(C)c3)C2)[nH]c1=O. The highest BCUT2D eigenvalue weighted by Gasteiger charge is 2.35. The van der Waals surface area contributed by atoms with Crippen molar-refractivity contribution in [3.8, 4) is 17.4 Å². The second-order valence-corrected chi connectivity index (χ2v) is 8.84. The van der Waals surface area contributed by atoms with Crippen LogP contribution in [0.1, 0.15) is 30.2 Å². The Morgan fingerprint density at radius 3 is 2.72 bits per heavy atom. The first-order valence-corrected chi connectivity index (χ1v) is 11.8. The van der Waals surface area contributed by atoms with Crippen LogP contribution in [0.2, 0.25) is 0 Å². The normalized spacial score (nSPS) is 15.5. The van der Waals surface area contributed by atoms with Crippen molar-refractivity contribution in [2.24, 2.45) is 5.92 Å². The maximum absolute atomic E-state index is 13.3. The maximum Gasteiger partial charge on any atom is 0.255 e. The summed E-state index contributed by atoms with van der Waals surface area (Å²) in [6, 6.07) is 12.8. The molecule has 10 nitrogen and oxygen atoms in total. The minimum atomic E-state index is -0.551. The molecule has 0 radical (unpaired) electrons. The van der Waals surface area contributed by atoms with Gasteiger partial charge in [-0.3, -0.25) is 19.4 Å². The molecule has 0 spiro atoms. The van der Waals surface area contributed by atoms with Gasteiger partial charge in [-0.25, -0.2) is 4.98 Å². The summed E-state index contributed by atoms with van der Waals surface area (Å²) in [6.07, 6.45) is 2.16. The van der Waals surface area contributed by atoms with Gasteiger partial charge in [-0.2, -0.15) is 9.78 Å². The third-order valence-electron chi connectivity index (χ3n) is 6.31. The fourth-order valence-electron chi connectivity index (χ4n) is 4.45. The predicted octanol–water partition coefficient (Wildman–Crippen LogP) is 3.39. The molecular weight excluding hydrogens is 460 g/mol. The molecule has 1 fully saturated rings. The molecule has 0 saturated carbocycles. The molecule has 1 aliphatic heterocycles.